The molecule has 0 unspecified atom stereocenters. The van der Waals surface area contributed by atoms with E-state index in [4.69, 9.17) is 10.2 Å². The molecule has 0 saturated heterocycles. The summed E-state index contributed by atoms with van der Waals surface area (Å²) in [6.45, 7) is 0. The second-order valence-electron chi connectivity index (χ2n) is 3.36. The van der Waals surface area contributed by atoms with Crippen LogP contribution in [0.5, 0.6) is 0 Å². The lowest BCUT2D eigenvalue weighted by Gasteiger charge is -2.02. The molecule has 17 heavy (non-hydrogen) atoms. The number of hydrogen-bond acceptors (Lipinski definition) is 4. The molecule has 1 rings (SSSR count). The molecule has 0 amide bonds. The van der Waals surface area contributed by atoms with Gasteiger partial charge in [0, 0.05) is 11.6 Å². The number of carboxylic acid groups (broad SMARTS) is 2. The van der Waals surface area contributed by atoms with Gasteiger partial charge in [0.15, 0.2) is 0 Å². The van der Waals surface area contributed by atoms with E-state index in [9.17, 15) is 19.7 Å². The zero-order valence-electron chi connectivity index (χ0n) is 8.62. The molecule has 0 bridgehead atoms. The maximum absolute atomic E-state index is 10.7. The van der Waals surface area contributed by atoms with Gasteiger partial charge in [-0.15, -0.1) is 0 Å². The van der Waals surface area contributed by atoms with Crippen LogP contribution in [0.2, 0.25) is 0 Å². The monoisotopic (exact) mass is 239 g/mol. The van der Waals surface area contributed by atoms with Crippen LogP contribution in [0.1, 0.15) is 11.1 Å². The minimum atomic E-state index is -1.18. The number of nitro groups is 1. The largest absolute Gasteiger partial charge is 0.481 e. The highest BCUT2D eigenvalue weighted by molar-refractivity contribution is 5.73. The molecule has 0 radical (unpaired) electrons. The van der Waals surface area contributed by atoms with Gasteiger partial charge in [-0.25, -0.2) is 0 Å². The highest BCUT2D eigenvalue weighted by atomic mass is 16.6. The quantitative estimate of drug-likeness (QED) is 0.580. The van der Waals surface area contributed by atoms with E-state index in [1.807, 2.05) is 0 Å². The summed E-state index contributed by atoms with van der Waals surface area (Å²) in [4.78, 5) is 30.9. The van der Waals surface area contributed by atoms with Crippen LogP contribution in [0.4, 0.5) is 5.69 Å². The summed E-state index contributed by atoms with van der Waals surface area (Å²) in [5, 5.41) is 27.8. The molecule has 0 fully saturated rings. The van der Waals surface area contributed by atoms with Crippen LogP contribution >= 0.6 is 0 Å². The molecule has 2 N–H and O–H groups in total. The number of hydrogen-bond donors (Lipinski definition) is 2. The number of carboxylic acids is 2. The second-order valence-corrected chi connectivity index (χ2v) is 3.36. The Kier molecular flexibility index (Phi) is 3.76. The molecule has 0 heterocycles. The Morgan fingerprint density at radius 2 is 1.76 bits per heavy atom. The van der Waals surface area contributed by atoms with Crippen molar-refractivity contribution in [1.82, 2.24) is 0 Å². The third-order valence-corrected chi connectivity index (χ3v) is 2.04. The van der Waals surface area contributed by atoms with E-state index in [2.05, 4.69) is 0 Å². The number of rotatable bonds is 5. The van der Waals surface area contributed by atoms with Crippen LogP contribution in [-0.4, -0.2) is 27.1 Å². The van der Waals surface area contributed by atoms with E-state index in [1.165, 1.54) is 12.1 Å². The lowest BCUT2D eigenvalue weighted by Crippen LogP contribution is -2.06. The van der Waals surface area contributed by atoms with E-state index in [1.54, 1.807) is 0 Å². The number of nitrogens with zero attached hydrogens (tertiary/aromatic N) is 1. The molecule has 0 aliphatic carbocycles. The summed E-state index contributed by atoms with van der Waals surface area (Å²) in [5.41, 5.74) is -0.0545. The van der Waals surface area contributed by atoms with Crippen molar-refractivity contribution in [2.75, 3.05) is 0 Å². The van der Waals surface area contributed by atoms with Gasteiger partial charge in [-0.2, -0.15) is 0 Å². The molecule has 0 aliphatic heterocycles. The Morgan fingerprint density at radius 3 is 2.24 bits per heavy atom. The Bertz CT molecular complexity index is 482. The fourth-order valence-corrected chi connectivity index (χ4v) is 1.38. The van der Waals surface area contributed by atoms with Crippen molar-refractivity contribution in [2.24, 2.45) is 0 Å². The molecule has 7 heteroatoms. The van der Waals surface area contributed by atoms with Crippen molar-refractivity contribution in [3.8, 4) is 0 Å². The SMILES string of the molecule is O=C(O)Cc1ccc(CC(=O)O)c([N+](=O)[O-])c1. The number of nitro benzene ring substituents is 1. The number of benzene rings is 1. The van der Waals surface area contributed by atoms with Crippen molar-refractivity contribution in [3.63, 3.8) is 0 Å². The van der Waals surface area contributed by atoms with Crippen molar-refractivity contribution in [3.05, 3.63) is 39.4 Å². The maximum atomic E-state index is 10.7. The first kappa shape index (κ1) is 12.6. The molecule has 0 atom stereocenters. The van der Waals surface area contributed by atoms with Gasteiger partial charge in [0.1, 0.15) is 0 Å². The Morgan fingerprint density at radius 1 is 1.18 bits per heavy atom. The summed E-state index contributed by atoms with van der Waals surface area (Å²) in [5.74, 6) is -2.29. The van der Waals surface area contributed by atoms with Crippen LogP contribution in [0.15, 0.2) is 18.2 Å². The van der Waals surface area contributed by atoms with Crippen molar-refractivity contribution in [2.45, 2.75) is 12.8 Å². The molecular formula is C10H9NO6. The van der Waals surface area contributed by atoms with E-state index < -0.39 is 23.3 Å². The summed E-state index contributed by atoms with van der Waals surface area (Å²) in [6.07, 6.45) is -0.808. The molecule has 1 aromatic carbocycles. The molecule has 0 saturated carbocycles. The summed E-state index contributed by atoms with van der Waals surface area (Å²) in [7, 11) is 0. The predicted molar refractivity (Wildman–Crippen MR) is 55.8 cm³/mol. The predicted octanol–water partition coefficient (Wildman–Crippen LogP) is 0.849. The average molecular weight is 239 g/mol. The van der Waals surface area contributed by atoms with E-state index >= 15 is 0 Å². The third kappa shape index (κ3) is 3.56. The minimum absolute atomic E-state index is 0.0524. The second kappa shape index (κ2) is 5.06. The Hall–Kier alpha value is -2.44. The van der Waals surface area contributed by atoms with Gasteiger partial charge < -0.3 is 10.2 Å². The molecule has 0 aliphatic rings. The van der Waals surface area contributed by atoms with Crippen molar-refractivity contribution < 1.29 is 24.7 Å². The highest BCUT2D eigenvalue weighted by Crippen LogP contribution is 2.21. The summed E-state index contributed by atoms with van der Waals surface area (Å²) in [6, 6.07) is 3.73. The third-order valence-electron chi connectivity index (χ3n) is 2.04. The van der Waals surface area contributed by atoms with Gasteiger partial charge >= 0.3 is 11.9 Å². The van der Waals surface area contributed by atoms with Gasteiger partial charge in [0.25, 0.3) is 5.69 Å². The standard InChI is InChI=1S/C10H9NO6/c12-9(13)4-6-1-2-7(5-10(14)15)8(3-6)11(16)17/h1-3H,4-5H2,(H,12,13)(H,14,15). The topological polar surface area (TPSA) is 118 Å². The smallest absolute Gasteiger partial charge is 0.308 e. The van der Waals surface area contributed by atoms with E-state index in [0.29, 0.717) is 0 Å². The van der Waals surface area contributed by atoms with Gasteiger partial charge in [-0.05, 0) is 5.56 Å². The van der Waals surface area contributed by atoms with Crippen LogP contribution in [0.25, 0.3) is 0 Å². The molecule has 90 valence electrons. The lowest BCUT2D eigenvalue weighted by atomic mass is 10.0. The average Bonchev–Trinajstić information content (AvgIpc) is 2.18. The fraction of sp³-hybridized carbons (Fsp3) is 0.200. The first-order chi connectivity index (χ1) is 7.90. The lowest BCUT2D eigenvalue weighted by molar-refractivity contribution is -0.385. The van der Waals surface area contributed by atoms with E-state index in [-0.39, 0.29) is 23.2 Å². The van der Waals surface area contributed by atoms with Crippen LogP contribution in [-0.2, 0) is 22.4 Å². The Labute approximate surface area is 95.5 Å². The first-order valence-electron chi connectivity index (χ1n) is 4.60. The van der Waals surface area contributed by atoms with E-state index in [0.717, 1.165) is 6.07 Å². The van der Waals surface area contributed by atoms with Crippen molar-refractivity contribution >= 4 is 17.6 Å². The first-order valence-corrected chi connectivity index (χ1v) is 4.60. The van der Waals surface area contributed by atoms with Crippen molar-refractivity contribution in [1.29, 1.82) is 0 Å². The number of aliphatic carboxylic acids is 2. The summed E-state index contributed by atoms with van der Waals surface area (Å²) >= 11 is 0. The van der Waals surface area contributed by atoms with Gasteiger partial charge in [-0.1, -0.05) is 12.1 Å². The molecule has 0 spiro atoms. The fourth-order valence-electron chi connectivity index (χ4n) is 1.38. The van der Waals surface area contributed by atoms with Gasteiger partial charge in [-0.3, -0.25) is 19.7 Å². The van der Waals surface area contributed by atoms with Crippen LogP contribution < -0.4 is 0 Å². The maximum Gasteiger partial charge on any atom is 0.308 e. The highest BCUT2D eigenvalue weighted by Gasteiger charge is 2.17. The van der Waals surface area contributed by atoms with Crippen LogP contribution in [0, 0.1) is 10.1 Å². The zero-order valence-corrected chi connectivity index (χ0v) is 8.62. The normalized spacial score (nSPS) is 9.88. The minimum Gasteiger partial charge on any atom is -0.481 e. The van der Waals surface area contributed by atoms with Gasteiger partial charge in [0.2, 0.25) is 0 Å². The van der Waals surface area contributed by atoms with Gasteiger partial charge in [0.05, 0.1) is 17.8 Å². The molecule has 0 aromatic heterocycles. The molecule has 1 aromatic rings. The van der Waals surface area contributed by atoms with Crippen LogP contribution in [0.3, 0.4) is 0 Å². The molecular weight excluding hydrogens is 230 g/mol. The zero-order chi connectivity index (χ0) is 13.0. The summed E-state index contributed by atoms with van der Waals surface area (Å²) < 4.78 is 0. The molecule has 7 nitrogen and oxygen atoms in total. The number of carbonyl (C=O) groups is 2. The Balaban J connectivity index is 3.12.